The van der Waals surface area contributed by atoms with E-state index in [2.05, 4.69) is 24.3 Å². The quantitative estimate of drug-likeness (QED) is 0.618. The van der Waals surface area contributed by atoms with Crippen LogP contribution in [-0.2, 0) is 4.74 Å². The average Bonchev–Trinajstić information content (AvgIpc) is 2.73. The third-order valence-electron chi connectivity index (χ3n) is 4.59. The van der Waals surface area contributed by atoms with E-state index in [-0.39, 0.29) is 11.4 Å². The number of benzene rings is 3. The lowest BCUT2D eigenvalue weighted by Crippen LogP contribution is -2.30. The first-order valence-electron chi connectivity index (χ1n) is 9.12. The second-order valence-electron chi connectivity index (χ2n) is 7.43. The number of carbonyl (C=O) groups is 1. The van der Waals surface area contributed by atoms with Crippen LogP contribution in [0.15, 0.2) is 78.9 Å². The molecule has 0 aliphatic rings. The number of rotatable bonds is 6. The largest absolute Gasteiger partial charge is 0.461 e. The van der Waals surface area contributed by atoms with Crippen LogP contribution in [-0.4, -0.2) is 19.1 Å². The summed E-state index contributed by atoms with van der Waals surface area (Å²) in [6.45, 7) is 4.73. The summed E-state index contributed by atoms with van der Waals surface area (Å²) in [5.41, 5.74) is 10.5. The molecule has 0 heterocycles. The Morgan fingerprint density at radius 3 is 1.89 bits per heavy atom. The zero-order chi connectivity index (χ0) is 19.3. The van der Waals surface area contributed by atoms with E-state index in [1.54, 1.807) is 0 Å². The minimum atomic E-state index is -0.320. The van der Waals surface area contributed by atoms with Crippen LogP contribution in [0.3, 0.4) is 0 Å². The van der Waals surface area contributed by atoms with Gasteiger partial charge in [-0.15, -0.1) is 0 Å². The van der Waals surface area contributed by atoms with Gasteiger partial charge in [-0.3, -0.25) is 0 Å². The number of ether oxygens (including phenoxy) is 1. The highest BCUT2D eigenvalue weighted by Gasteiger charge is 2.19. The molecule has 0 spiro atoms. The molecule has 3 aromatic rings. The van der Waals surface area contributed by atoms with Crippen LogP contribution in [0.5, 0.6) is 0 Å². The molecule has 0 aliphatic heterocycles. The lowest BCUT2D eigenvalue weighted by atomic mass is 9.94. The molecule has 0 fully saturated rings. The smallest absolute Gasteiger partial charge is 0.338 e. The Hall–Kier alpha value is -2.91. The molecule has 3 heteroatoms. The van der Waals surface area contributed by atoms with Gasteiger partial charge in [-0.25, -0.2) is 4.79 Å². The third kappa shape index (κ3) is 4.63. The molecule has 0 aromatic heterocycles. The molecule has 0 amide bonds. The summed E-state index contributed by atoms with van der Waals surface area (Å²) >= 11 is 0. The van der Waals surface area contributed by atoms with Crippen molar-refractivity contribution in [2.24, 2.45) is 11.1 Å². The van der Waals surface area contributed by atoms with Crippen LogP contribution in [0.1, 0.15) is 24.2 Å². The SMILES string of the molecule is CC(C)(CN)COC(=O)c1ccc(-c2ccccc2-c2ccccc2)cc1. The molecular formula is C24H25NO2. The van der Waals surface area contributed by atoms with Gasteiger partial charge >= 0.3 is 5.97 Å². The molecule has 3 rings (SSSR count). The number of hydrogen-bond donors (Lipinski definition) is 1. The first-order valence-corrected chi connectivity index (χ1v) is 9.12. The van der Waals surface area contributed by atoms with E-state index >= 15 is 0 Å². The standard InChI is InChI=1S/C24H25NO2/c1-24(2,16-25)17-27-23(26)20-14-12-19(13-15-20)22-11-7-6-10-21(22)18-8-4-3-5-9-18/h3-15H,16-17,25H2,1-2H3. The molecule has 3 nitrogen and oxygen atoms in total. The molecule has 0 unspecified atom stereocenters. The molecule has 2 N–H and O–H groups in total. The molecular weight excluding hydrogens is 334 g/mol. The fourth-order valence-corrected chi connectivity index (χ4v) is 2.79. The maximum Gasteiger partial charge on any atom is 0.338 e. The van der Waals surface area contributed by atoms with Crippen LogP contribution in [0.25, 0.3) is 22.3 Å². The van der Waals surface area contributed by atoms with Gasteiger partial charge in [0.1, 0.15) is 0 Å². The zero-order valence-electron chi connectivity index (χ0n) is 15.8. The van der Waals surface area contributed by atoms with Gasteiger partial charge in [0.25, 0.3) is 0 Å². The summed E-state index contributed by atoms with van der Waals surface area (Å²) in [5, 5.41) is 0. The second kappa shape index (κ2) is 8.19. The molecule has 27 heavy (non-hydrogen) atoms. The average molecular weight is 359 g/mol. The maximum atomic E-state index is 12.3. The molecule has 0 saturated carbocycles. The number of nitrogens with two attached hydrogens (primary N) is 1. The summed E-state index contributed by atoms with van der Waals surface area (Å²) in [5.74, 6) is -0.320. The molecule has 0 radical (unpaired) electrons. The van der Waals surface area contributed by atoms with Gasteiger partial charge in [0, 0.05) is 12.0 Å². The van der Waals surface area contributed by atoms with Crippen LogP contribution in [0, 0.1) is 5.41 Å². The Morgan fingerprint density at radius 1 is 0.815 bits per heavy atom. The lowest BCUT2D eigenvalue weighted by molar-refractivity contribution is 0.0354. The predicted molar refractivity (Wildman–Crippen MR) is 110 cm³/mol. The van der Waals surface area contributed by atoms with Crippen molar-refractivity contribution in [1.82, 2.24) is 0 Å². The van der Waals surface area contributed by atoms with Crippen molar-refractivity contribution in [2.45, 2.75) is 13.8 Å². The summed E-state index contributed by atoms with van der Waals surface area (Å²) in [4.78, 5) is 12.3. The fourth-order valence-electron chi connectivity index (χ4n) is 2.79. The maximum absolute atomic E-state index is 12.3. The topological polar surface area (TPSA) is 52.3 Å². The Balaban J connectivity index is 1.82. The van der Waals surface area contributed by atoms with Crippen molar-refractivity contribution in [3.8, 4) is 22.3 Å². The predicted octanol–water partition coefficient (Wildman–Crippen LogP) is 5.16. The Kier molecular flexibility index (Phi) is 5.72. The molecule has 0 atom stereocenters. The minimum Gasteiger partial charge on any atom is -0.461 e. The van der Waals surface area contributed by atoms with Gasteiger partial charge in [-0.1, -0.05) is 80.6 Å². The van der Waals surface area contributed by atoms with E-state index in [0.717, 1.165) is 16.7 Å². The first kappa shape index (κ1) is 18.9. The Morgan fingerprint density at radius 2 is 1.33 bits per heavy atom. The minimum absolute atomic E-state index is 0.218. The van der Waals surface area contributed by atoms with Crippen LogP contribution >= 0.6 is 0 Å². The van der Waals surface area contributed by atoms with Crippen molar-refractivity contribution in [2.75, 3.05) is 13.2 Å². The molecule has 0 aliphatic carbocycles. The fraction of sp³-hybridized carbons (Fsp3) is 0.208. The number of esters is 1. The van der Waals surface area contributed by atoms with E-state index in [9.17, 15) is 4.79 Å². The van der Waals surface area contributed by atoms with Crippen LogP contribution in [0.2, 0.25) is 0 Å². The monoisotopic (exact) mass is 359 g/mol. The molecule has 3 aromatic carbocycles. The van der Waals surface area contributed by atoms with Crippen molar-refractivity contribution in [3.05, 3.63) is 84.4 Å². The van der Waals surface area contributed by atoms with E-state index < -0.39 is 0 Å². The summed E-state index contributed by atoms with van der Waals surface area (Å²) in [6.07, 6.45) is 0. The molecule has 0 bridgehead atoms. The normalized spacial score (nSPS) is 11.2. The van der Waals surface area contributed by atoms with Crippen LogP contribution in [0.4, 0.5) is 0 Å². The Bertz CT molecular complexity index is 899. The van der Waals surface area contributed by atoms with Crippen LogP contribution < -0.4 is 5.73 Å². The van der Waals surface area contributed by atoms with Crippen molar-refractivity contribution < 1.29 is 9.53 Å². The highest BCUT2D eigenvalue weighted by atomic mass is 16.5. The van der Waals surface area contributed by atoms with Gasteiger partial charge < -0.3 is 10.5 Å². The zero-order valence-corrected chi connectivity index (χ0v) is 15.8. The van der Waals surface area contributed by atoms with E-state index in [0.29, 0.717) is 18.7 Å². The van der Waals surface area contributed by atoms with Gasteiger partial charge in [-0.2, -0.15) is 0 Å². The number of carbonyl (C=O) groups excluding carboxylic acids is 1. The van der Waals surface area contributed by atoms with E-state index in [1.807, 2.05) is 68.4 Å². The second-order valence-corrected chi connectivity index (χ2v) is 7.43. The van der Waals surface area contributed by atoms with E-state index in [1.165, 1.54) is 5.56 Å². The lowest BCUT2D eigenvalue weighted by Gasteiger charge is -2.21. The van der Waals surface area contributed by atoms with Crippen molar-refractivity contribution in [1.29, 1.82) is 0 Å². The third-order valence-corrected chi connectivity index (χ3v) is 4.59. The number of hydrogen-bond acceptors (Lipinski definition) is 3. The highest BCUT2D eigenvalue weighted by Crippen LogP contribution is 2.32. The Labute approximate surface area is 160 Å². The van der Waals surface area contributed by atoms with Gasteiger partial charge in [0.15, 0.2) is 0 Å². The first-order chi connectivity index (χ1) is 13.0. The summed E-state index contributed by atoms with van der Waals surface area (Å²) in [7, 11) is 0. The van der Waals surface area contributed by atoms with Gasteiger partial charge in [0.2, 0.25) is 0 Å². The van der Waals surface area contributed by atoms with E-state index in [4.69, 9.17) is 10.5 Å². The van der Waals surface area contributed by atoms with Crippen molar-refractivity contribution in [3.63, 3.8) is 0 Å². The molecule has 0 saturated heterocycles. The van der Waals surface area contributed by atoms with Crippen molar-refractivity contribution >= 4 is 5.97 Å². The molecule has 138 valence electrons. The highest BCUT2D eigenvalue weighted by molar-refractivity contribution is 5.91. The summed E-state index contributed by atoms with van der Waals surface area (Å²) < 4.78 is 5.40. The van der Waals surface area contributed by atoms with Gasteiger partial charge in [0.05, 0.1) is 12.2 Å². The van der Waals surface area contributed by atoms with Gasteiger partial charge in [-0.05, 0) is 34.4 Å². The summed E-state index contributed by atoms with van der Waals surface area (Å²) in [6, 6.07) is 26.1.